The Labute approximate surface area is 235 Å². The molecule has 4 heteroatoms. The first kappa shape index (κ1) is 28.0. The number of hydrogen-bond acceptors (Lipinski definition) is 3. The van der Waals surface area contributed by atoms with Crippen molar-refractivity contribution in [3.63, 3.8) is 0 Å². The molecule has 0 fully saturated rings. The number of carbonyl (C=O) groups is 1. The molecule has 0 heterocycles. The molecule has 0 spiro atoms. The summed E-state index contributed by atoms with van der Waals surface area (Å²) in [7, 11) is 0. The van der Waals surface area contributed by atoms with Gasteiger partial charge in [0, 0.05) is 35.3 Å². The van der Waals surface area contributed by atoms with Crippen molar-refractivity contribution >= 4 is 12.0 Å². The molecule has 0 aromatic heterocycles. The molecule has 1 N–H and O–H groups in total. The Morgan fingerprint density at radius 1 is 0.775 bits per heavy atom. The number of carboxylic acid groups (broad SMARTS) is 1. The van der Waals surface area contributed by atoms with E-state index in [1.807, 2.05) is 115 Å². The first-order chi connectivity index (χ1) is 19.6. The Balaban J connectivity index is 1.45. The zero-order chi connectivity index (χ0) is 28.0. The van der Waals surface area contributed by atoms with Gasteiger partial charge in [-0.15, -0.1) is 0 Å². The van der Waals surface area contributed by atoms with Crippen molar-refractivity contribution in [2.24, 2.45) is 0 Å². The molecule has 1 unspecified atom stereocenters. The Hall–Kier alpha value is -5.03. The van der Waals surface area contributed by atoms with E-state index >= 15 is 0 Å². The van der Waals surface area contributed by atoms with Crippen LogP contribution in [0.5, 0.6) is 5.75 Å². The lowest BCUT2D eigenvalue weighted by Gasteiger charge is -2.12. The normalized spacial score (nSPS) is 11.1. The number of hydrogen-bond donors (Lipinski definition) is 1. The smallest absolute Gasteiger partial charge is 0.333 e. The summed E-state index contributed by atoms with van der Waals surface area (Å²) in [6.07, 6.45) is 3.40. The molecule has 4 rings (SSSR count). The van der Waals surface area contributed by atoms with Gasteiger partial charge in [0.1, 0.15) is 12.4 Å². The highest BCUT2D eigenvalue weighted by Crippen LogP contribution is 2.16. The van der Waals surface area contributed by atoms with Crippen molar-refractivity contribution in [3.8, 4) is 29.4 Å². The molecule has 0 aliphatic carbocycles. The van der Waals surface area contributed by atoms with Gasteiger partial charge in [-0.05, 0) is 78.7 Å². The Morgan fingerprint density at radius 3 is 1.85 bits per heavy atom. The van der Waals surface area contributed by atoms with Gasteiger partial charge in [0.15, 0.2) is 6.10 Å². The highest BCUT2D eigenvalue weighted by molar-refractivity contribution is 5.72. The van der Waals surface area contributed by atoms with Crippen LogP contribution in [0.15, 0.2) is 109 Å². The van der Waals surface area contributed by atoms with Crippen LogP contribution in [-0.2, 0) is 16.0 Å². The van der Waals surface area contributed by atoms with Crippen molar-refractivity contribution in [2.45, 2.75) is 19.4 Å². The second-order valence-corrected chi connectivity index (χ2v) is 8.92. The van der Waals surface area contributed by atoms with Crippen LogP contribution in [0.3, 0.4) is 0 Å². The number of carboxylic acids is 1. The number of rotatable bonds is 9. The average molecular weight is 527 g/mol. The molecule has 0 saturated heterocycles. The van der Waals surface area contributed by atoms with Crippen LogP contribution in [-0.4, -0.2) is 30.4 Å². The summed E-state index contributed by atoms with van der Waals surface area (Å²) < 4.78 is 11.2. The Morgan fingerprint density at radius 2 is 1.32 bits per heavy atom. The average Bonchev–Trinajstić information content (AvgIpc) is 2.99. The molecule has 0 aliphatic heterocycles. The first-order valence-corrected chi connectivity index (χ1v) is 13.1. The Bertz CT molecular complexity index is 1470. The molecule has 4 aromatic rings. The molecule has 4 nitrogen and oxygen atoms in total. The minimum Gasteiger partial charge on any atom is -0.490 e. The van der Waals surface area contributed by atoms with E-state index in [-0.39, 0.29) is 0 Å². The minimum absolute atomic E-state index is 0.308. The molecule has 0 aliphatic rings. The molecule has 4 aromatic carbocycles. The van der Waals surface area contributed by atoms with Crippen LogP contribution >= 0.6 is 0 Å². The van der Waals surface area contributed by atoms with Crippen molar-refractivity contribution in [3.05, 3.63) is 143 Å². The van der Waals surface area contributed by atoms with E-state index in [0.29, 0.717) is 25.4 Å². The third kappa shape index (κ3) is 9.07. The van der Waals surface area contributed by atoms with E-state index in [4.69, 9.17) is 9.47 Å². The summed E-state index contributed by atoms with van der Waals surface area (Å²) in [5, 5.41) is 9.28. The second kappa shape index (κ2) is 14.8. The summed E-state index contributed by atoms with van der Waals surface area (Å²) in [4.78, 5) is 11.3. The zero-order valence-corrected chi connectivity index (χ0v) is 22.3. The summed E-state index contributed by atoms with van der Waals surface area (Å²) in [5.74, 6) is 12.7. The third-order valence-corrected chi connectivity index (χ3v) is 5.85. The highest BCUT2D eigenvalue weighted by atomic mass is 16.5. The summed E-state index contributed by atoms with van der Waals surface area (Å²) in [5.41, 5.74) is 5.53. The standard InChI is InChI=1S/C36H30O4/c1-2-39-35(36(37)38)27-30-19-21-34(22-20-30)40-23-9-14-31-24-32(17-15-28-10-5-3-6-11-28)26-33(25-31)18-16-29-12-7-4-8-13-29/h3-14,19-22,24-26,35H,2,23,27H2,1H3,(H,37,38)/b14-9+. The van der Waals surface area contributed by atoms with Crippen LogP contribution < -0.4 is 4.74 Å². The minimum atomic E-state index is -0.961. The van der Waals surface area contributed by atoms with Crippen LogP contribution in [0.4, 0.5) is 0 Å². The SMILES string of the molecule is CCOC(Cc1ccc(OC/C=C/c2cc(C#Cc3ccccc3)cc(C#Cc3ccccc3)c2)cc1)C(=O)O. The lowest BCUT2D eigenvalue weighted by Crippen LogP contribution is -2.26. The zero-order valence-electron chi connectivity index (χ0n) is 22.3. The molecule has 198 valence electrons. The number of aliphatic carboxylic acids is 1. The summed E-state index contributed by atoms with van der Waals surface area (Å²) >= 11 is 0. The Kier molecular flexibility index (Phi) is 10.3. The maximum absolute atomic E-state index is 11.3. The van der Waals surface area contributed by atoms with Crippen LogP contribution in [0.25, 0.3) is 6.08 Å². The first-order valence-electron chi connectivity index (χ1n) is 13.1. The van der Waals surface area contributed by atoms with Gasteiger partial charge in [-0.3, -0.25) is 0 Å². The van der Waals surface area contributed by atoms with Gasteiger partial charge in [0.2, 0.25) is 0 Å². The van der Waals surface area contributed by atoms with Gasteiger partial charge in [-0.2, -0.15) is 0 Å². The quantitative estimate of drug-likeness (QED) is 0.249. The van der Waals surface area contributed by atoms with E-state index in [9.17, 15) is 9.90 Å². The largest absolute Gasteiger partial charge is 0.490 e. The predicted molar refractivity (Wildman–Crippen MR) is 159 cm³/mol. The monoisotopic (exact) mass is 526 g/mol. The van der Waals surface area contributed by atoms with Gasteiger partial charge < -0.3 is 14.6 Å². The van der Waals surface area contributed by atoms with Crippen LogP contribution in [0.2, 0.25) is 0 Å². The fraction of sp³-hybridized carbons (Fsp3) is 0.139. The molecule has 0 saturated carbocycles. The van der Waals surface area contributed by atoms with Gasteiger partial charge in [-0.1, -0.05) is 78.3 Å². The second-order valence-electron chi connectivity index (χ2n) is 8.92. The summed E-state index contributed by atoms with van der Waals surface area (Å²) in [6.45, 7) is 2.52. The topological polar surface area (TPSA) is 55.8 Å². The van der Waals surface area contributed by atoms with E-state index in [1.54, 1.807) is 6.92 Å². The maximum Gasteiger partial charge on any atom is 0.333 e. The number of ether oxygens (including phenoxy) is 2. The predicted octanol–water partition coefficient (Wildman–Crippen LogP) is 6.61. The van der Waals surface area contributed by atoms with E-state index in [1.165, 1.54) is 0 Å². The molecule has 0 radical (unpaired) electrons. The van der Waals surface area contributed by atoms with Gasteiger partial charge in [0.25, 0.3) is 0 Å². The van der Waals surface area contributed by atoms with Crippen molar-refractivity contribution in [1.82, 2.24) is 0 Å². The highest BCUT2D eigenvalue weighted by Gasteiger charge is 2.17. The van der Waals surface area contributed by atoms with Gasteiger partial charge in [0.05, 0.1) is 0 Å². The van der Waals surface area contributed by atoms with Crippen molar-refractivity contribution < 1.29 is 19.4 Å². The van der Waals surface area contributed by atoms with E-state index in [0.717, 1.165) is 33.4 Å². The van der Waals surface area contributed by atoms with Crippen LogP contribution in [0, 0.1) is 23.7 Å². The third-order valence-electron chi connectivity index (χ3n) is 5.85. The molecule has 0 bridgehead atoms. The number of benzene rings is 4. The molecular formula is C36H30O4. The molecule has 0 amide bonds. The summed E-state index contributed by atoms with van der Waals surface area (Å²) in [6, 6.07) is 33.3. The molecule has 1 atom stereocenters. The van der Waals surface area contributed by atoms with Gasteiger partial charge in [-0.25, -0.2) is 4.79 Å². The van der Waals surface area contributed by atoms with Crippen molar-refractivity contribution in [2.75, 3.05) is 13.2 Å². The lowest BCUT2D eigenvalue weighted by molar-refractivity contribution is -0.149. The lowest BCUT2D eigenvalue weighted by atomic mass is 10.0. The fourth-order valence-electron chi connectivity index (χ4n) is 3.91. The maximum atomic E-state index is 11.3. The van der Waals surface area contributed by atoms with Crippen LogP contribution in [0.1, 0.15) is 40.3 Å². The van der Waals surface area contributed by atoms with Gasteiger partial charge >= 0.3 is 5.97 Å². The van der Waals surface area contributed by atoms with E-state index < -0.39 is 12.1 Å². The molecular weight excluding hydrogens is 496 g/mol. The van der Waals surface area contributed by atoms with E-state index in [2.05, 4.69) is 23.7 Å². The fourth-order valence-corrected chi connectivity index (χ4v) is 3.91. The van der Waals surface area contributed by atoms with Crippen molar-refractivity contribution in [1.29, 1.82) is 0 Å². The molecule has 40 heavy (non-hydrogen) atoms.